The predicted molar refractivity (Wildman–Crippen MR) is 74.9 cm³/mol. The minimum absolute atomic E-state index is 0.751. The molecule has 0 radical (unpaired) electrons. The van der Waals surface area contributed by atoms with E-state index in [-0.39, 0.29) is 0 Å². The van der Waals surface area contributed by atoms with Crippen LogP contribution >= 0.6 is 0 Å². The molecule has 1 saturated carbocycles. The Kier molecular flexibility index (Phi) is 3.50. The van der Waals surface area contributed by atoms with Crippen molar-refractivity contribution in [2.45, 2.75) is 38.6 Å². The van der Waals surface area contributed by atoms with E-state index in [2.05, 4.69) is 34.3 Å². The quantitative estimate of drug-likeness (QED) is 0.882. The summed E-state index contributed by atoms with van der Waals surface area (Å²) in [6, 6.07) is 5.06. The van der Waals surface area contributed by atoms with Crippen molar-refractivity contribution < 1.29 is 0 Å². The fourth-order valence-corrected chi connectivity index (χ4v) is 2.85. The second-order valence-corrected chi connectivity index (χ2v) is 5.79. The maximum Gasteiger partial charge on any atom is 0.128 e. The van der Waals surface area contributed by atoms with Gasteiger partial charge in [-0.1, -0.05) is 0 Å². The number of rotatable bonds is 4. The van der Waals surface area contributed by atoms with Crippen molar-refractivity contribution in [2.75, 3.05) is 24.5 Å². The monoisotopic (exact) mass is 245 g/mol. The van der Waals surface area contributed by atoms with Crippen LogP contribution in [-0.2, 0) is 0 Å². The van der Waals surface area contributed by atoms with E-state index in [1.165, 1.54) is 56.7 Å². The Labute approximate surface area is 110 Å². The van der Waals surface area contributed by atoms with E-state index in [0.717, 1.165) is 12.0 Å². The predicted octanol–water partition coefficient (Wildman–Crippen LogP) is 2.36. The van der Waals surface area contributed by atoms with Gasteiger partial charge in [0.2, 0.25) is 0 Å². The second kappa shape index (κ2) is 5.27. The van der Waals surface area contributed by atoms with E-state index < -0.39 is 0 Å². The smallest absolute Gasteiger partial charge is 0.128 e. The topological polar surface area (TPSA) is 28.2 Å². The maximum atomic E-state index is 4.57. The number of hydrogen-bond donors (Lipinski definition) is 1. The summed E-state index contributed by atoms with van der Waals surface area (Å²) >= 11 is 0. The first-order valence-corrected chi connectivity index (χ1v) is 7.23. The lowest BCUT2D eigenvalue weighted by atomic mass is 9.99. The van der Waals surface area contributed by atoms with Crippen LogP contribution in [0.4, 0.5) is 5.82 Å². The van der Waals surface area contributed by atoms with Gasteiger partial charge in [0.15, 0.2) is 0 Å². The van der Waals surface area contributed by atoms with E-state index in [1.807, 2.05) is 6.20 Å². The van der Waals surface area contributed by atoms with Gasteiger partial charge in [0, 0.05) is 18.8 Å². The fourth-order valence-electron chi connectivity index (χ4n) is 2.85. The van der Waals surface area contributed by atoms with Crippen LogP contribution in [0.25, 0.3) is 0 Å². The molecule has 3 nitrogen and oxygen atoms in total. The molecule has 1 unspecified atom stereocenters. The summed E-state index contributed by atoms with van der Waals surface area (Å²) in [5.41, 5.74) is 1.31. The Bertz CT molecular complexity index is 394. The molecule has 2 fully saturated rings. The molecular weight excluding hydrogens is 222 g/mol. The van der Waals surface area contributed by atoms with Gasteiger partial charge in [0.1, 0.15) is 5.82 Å². The molecule has 1 aromatic rings. The normalized spacial score (nSPS) is 23.9. The standard InChI is InChI=1S/C15H23N3/c1-12-6-8-17-15(9-12)18(14-4-5-14)11-13-3-2-7-16-10-13/h6,8-9,13-14,16H,2-5,7,10-11H2,1H3. The highest BCUT2D eigenvalue weighted by molar-refractivity contribution is 5.43. The fraction of sp³-hybridized carbons (Fsp3) is 0.667. The van der Waals surface area contributed by atoms with Crippen molar-refractivity contribution >= 4 is 5.82 Å². The Morgan fingerprint density at radius 2 is 2.28 bits per heavy atom. The van der Waals surface area contributed by atoms with Gasteiger partial charge in [0.25, 0.3) is 0 Å². The van der Waals surface area contributed by atoms with E-state index >= 15 is 0 Å². The number of hydrogen-bond acceptors (Lipinski definition) is 3. The van der Waals surface area contributed by atoms with Crippen molar-refractivity contribution in [3.8, 4) is 0 Å². The summed E-state index contributed by atoms with van der Waals surface area (Å²) in [7, 11) is 0. The van der Waals surface area contributed by atoms with E-state index in [1.54, 1.807) is 0 Å². The molecule has 2 heterocycles. The lowest BCUT2D eigenvalue weighted by Gasteiger charge is -2.31. The molecule has 18 heavy (non-hydrogen) atoms. The number of nitrogens with zero attached hydrogens (tertiary/aromatic N) is 2. The third-order valence-electron chi connectivity index (χ3n) is 4.04. The average molecular weight is 245 g/mol. The zero-order valence-corrected chi connectivity index (χ0v) is 11.2. The van der Waals surface area contributed by atoms with Gasteiger partial charge in [-0.3, -0.25) is 0 Å². The molecule has 0 amide bonds. The van der Waals surface area contributed by atoms with Gasteiger partial charge < -0.3 is 10.2 Å². The molecular formula is C15H23N3. The van der Waals surface area contributed by atoms with Gasteiger partial charge in [-0.25, -0.2) is 4.98 Å². The Morgan fingerprint density at radius 3 is 2.94 bits per heavy atom. The van der Waals surface area contributed by atoms with Crippen LogP contribution in [-0.4, -0.2) is 30.7 Å². The number of piperidine rings is 1. The molecule has 1 saturated heterocycles. The van der Waals surface area contributed by atoms with E-state index in [9.17, 15) is 0 Å². The zero-order valence-electron chi connectivity index (χ0n) is 11.2. The summed E-state index contributed by atoms with van der Waals surface area (Å²) < 4.78 is 0. The average Bonchev–Trinajstić information content (AvgIpc) is 3.21. The lowest BCUT2D eigenvalue weighted by molar-refractivity contribution is 0.375. The molecule has 1 aliphatic carbocycles. The highest BCUT2D eigenvalue weighted by atomic mass is 15.2. The van der Waals surface area contributed by atoms with E-state index in [0.29, 0.717) is 0 Å². The minimum atomic E-state index is 0.751. The third kappa shape index (κ3) is 2.83. The molecule has 1 aliphatic heterocycles. The first kappa shape index (κ1) is 12.0. The van der Waals surface area contributed by atoms with Crippen molar-refractivity contribution in [2.24, 2.45) is 5.92 Å². The van der Waals surface area contributed by atoms with Gasteiger partial charge in [-0.15, -0.1) is 0 Å². The zero-order chi connectivity index (χ0) is 12.4. The number of aromatic nitrogens is 1. The van der Waals surface area contributed by atoms with Crippen molar-refractivity contribution in [3.05, 3.63) is 23.9 Å². The van der Waals surface area contributed by atoms with Crippen LogP contribution in [0, 0.1) is 12.8 Å². The van der Waals surface area contributed by atoms with Crippen molar-refractivity contribution in [3.63, 3.8) is 0 Å². The van der Waals surface area contributed by atoms with Crippen LogP contribution in [0.3, 0.4) is 0 Å². The summed E-state index contributed by atoms with van der Waals surface area (Å²) in [4.78, 5) is 7.12. The molecule has 1 aromatic heterocycles. The van der Waals surface area contributed by atoms with Crippen LogP contribution in [0.1, 0.15) is 31.2 Å². The molecule has 2 aliphatic rings. The van der Waals surface area contributed by atoms with Crippen LogP contribution in [0.5, 0.6) is 0 Å². The molecule has 0 aromatic carbocycles. The summed E-state index contributed by atoms with van der Waals surface area (Å²) in [5, 5.41) is 3.52. The Morgan fingerprint density at radius 1 is 1.39 bits per heavy atom. The molecule has 0 bridgehead atoms. The van der Waals surface area contributed by atoms with Crippen molar-refractivity contribution in [1.29, 1.82) is 0 Å². The van der Waals surface area contributed by atoms with Gasteiger partial charge in [0.05, 0.1) is 0 Å². The van der Waals surface area contributed by atoms with Gasteiger partial charge in [-0.05, 0) is 69.3 Å². The molecule has 1 N–H and O–H groups in total. The number of anilines is 1. The molecule has 0 spiro atoms. The summed E-state index contributed by atoms with van der Waals surface area (Å²) in [5.74, 6) is 1.98. The lowest BCUT2D eigenvalue weighted by Crippen LogP contribution is -2.39. The third-order valence-corrected chi connectivity index (χ3v) is 4.04. The molecule has 3 rings (SSSR count). The molecule has 98 valence electrons. The molecule has 1 atom stereocenters. The SMILES string of the molecule is Cc1ccnc(N(CC2CCCNC2)C2CC2)c1. The summed E-state index contributed by atoms with van der Waals surface area (Å²) in [6.45, 7) is 5.70. The molecule has 3 heteroatoms. The van der Waals surface area contributed by atoms with Gasteiger partial charge >= 0.3 is 0 Å². The van der Waals surface area contributed by atoms with Gasteiger partial charge in [-0.2, -0.15) is 0 Å². The minimum Gasteiger partial charge on any atom is -0.353 e. The number of aryl methyl sites for hydroxylation is 1. The van der Waals surface area contributed by atoms with Crippen LogP contribution in [0.15, 0.2) is 18.3 Å². The second-order valence-electron chi connectivity index (χ2n) is 5.79. The largest absolute Gasteiger partial charge is 0.353 e. The Hall–Kier alpha value is -1.09. The van der Waals surface area contributed by atoms with Crippen molar-refractivity contribution in [1.82, 2.24) is 10.3 Å². The highest BCUT2D eigenvalue weighted by Gasteiger charge is 2.31. The number of nitrogens with one attached hydrogen (secondary N) is 1. The van der Waals surface area contributed by atoms with Crippen LogP contribution < -0.4 is 10.2 Å². The first-order valence-electron chi connectivity index (χ1n) is 7.23. The Balaban J connectivity index is 1.71. The van der Waals surface area contributed by atoms with E-state index in [4.69, 9.17) is 0 Å². The number of pyridine rings is 1. The van der Waals surface area contributed by atoms with Crippen LogP contribution in [0.2, 0.25) is 0 Å². The summed E-state index contributed by atoms with van der Waals surface area (Å²) in [6.07, 6.45) is 7.32. The first-order chi connectivity index (χ1) is 8.83. The maximum absolute atomic E-state index is 4.57. The highest BCUT2D eigenvalue weighted by Crippen LogP contribution is 2.32.